The number of nitriles is 1. The molecule has 2 N–H and O–H groups in total. The van der Waals surface area contributed by atoms with Crippen LogP contribution in [0, 0.1) is 11.3 Å². The van der Waals surface area contributed by atoms with Gasteiger partial charge >= 0.3 is 12.0 Å². The number of aliphatic carboxylic acids is 1. The zero-order chi connectivity index (χ0) is 13.5. The Morgan fingerprint density at radius 1 is 1.56 bits per heavy atom. The van der Waals surface area contributed by atoms with Crippen LogP contribution in [-0.4, -0.2) is 40.6 Å². The Bertz CT molecular complexity index is 347. The van der Waals surface area contributed by atoms with Gasteiger partial charge in [0.15, 0.2) is 0 Å². The number of amides is 2. The molecule has 2 amide bonds. The molecule has 1 aliphatic carbocycles. The van der Waals surface area contributed by atoms with Crippen molar-refractivity contribution in [2.75, 3.05) is 6.54 Å². The van der Waals surface area contributed by atoms with Gasteiger partial charge in [-0.05, 0) is 19.3 Å². The van der Waals surface area contributed by atoms with Crippen LogP contribution >= 0.6 is 0 Å². The van der Waals surface area contributed by atoms with Crippen molar-refractivity contribution in [1.29, 1.82) is 5.26 Å². The van der Waals surface area contributed by atoms with Gasteiger partial charge < -0.3 is 15.3 Å². The molecule has 0 aromatic rings. The fraction of sp³-hybridized carbons (Fsp3) is 0.750. The first-order valence-electron chi connectivity index (χ1n) is 6.27. The highest BCUT2D eigenvalue weighted by Crippen LogP contribution is 2.27. The van der Waals surface area contributed by atoms with Gasteiger partial charge in [0.2, 0.25) is 0 Å². The van der Waals surface area contributed by atoms with Crippen molar-refractivity contribution in [1.82, 2.24) is 10.2 Å². The van der Waals surface area contributed by atoms with Crippen LogP contribution in [0.5, 0.6) is 0 Å². The van der Waals surface area contributed by atoms with Crippen LogP contribution in [0.25, 0.3) is 0 Å². The molecule has 18 heavy (non-hydrogen) atoms. The summed E-state index contributed by atoms with van der Waals surface area (Å²) in [5.74, 6) is -1.01. The molecule has 1 aliphatic rings. The fourth-order valence-electron chi connectivity index (χ4n) is 1.78. The Morgan fingerprint density at radius 2 is 2.22 bits per heavy atom. The molecule has 1 atom stereocenters. The monoisotopic (exact) mass is 253 g/mol. The summed E-state index contributed by atoms with van der Waals surface area (Å²) in [5, 5.41) is 20.1. The minimum atomic E-state index is -1.01. The number of urea groups is 1. The van der Waals surface area contributed by atoms with Crippen LogP contribution < -0.4 is 5.32 Å². The molecule has 0 bridgehead atoms. The van der Waals surface area contributed by atoms with E-state index >= 15 is 0 Å². The van der Waals surface area contributed by atoms with E-state index in [0.717, 1.165) is 12.8 Å². The summed E-state index contributed by atoms with van der Waals surface area (Å²) in [5.41, 5.74) is 0. The molecule has 0 saturated heterocycles. The van der Waals surface area contributed by atoms with Crippen LogP contribution in [-0.2, 0) is 4.79 Å². The maximum absolute atomic E-state index is 12.0. The molecule has 0 spiro atoms. The van der Waals surface area contributed by atoms with Crippen molar-refractivity contribution in [3.05, 3.63) is 0 Å². The largest absolute Gasteiger partial charge is 0.480 e. The van der Waals surface area contributed by atoms with E-state index in [0.29, 0.717) is 19.4 Å². The zero-order valence-electron chi connectivity index (χ0n) is 10.6. The van der Waals surface area contributed by atoms with Crippen LogP contribution in [0.4, 0.5) is 4.79 Å². The second-order valence-corrected chi connectivity index (χ2v) is 4.46. The number of nitrogens with zero attached hydrogens (tertiary/aromatic N) is 2. The van der Waals surface area contributed by atoms with Gasteiger partial charge in [-0.2, -0.15) is 5.26 Å². The predicted molar refractivity (Wildman–Crippen MR) is 64.8 cm³/mol. The van der Waals surface area contributed by atoms with Crippen molar-refractivity contribution in [3.8, 4) is 6.07 Å². The van der Waals surface area contributed by atoms with Gasteiger partial charge in [0.25, 0.3) is 0 Å². The lowest BCUT2D eigenvalue weighted by Gasteiger charge is -2.24. The molecular formula is C12H19N3O3. The Morgan fingerprint density at radius 3 is 2.67 bits per heavy atom. The maximum atomic E-state index is 12.0. The smallest absolute Gasteiger partial charge is 0.326 e. The number of hydrogen-bond donors (Lipinski definition) is 2. The lowest BCUT2D eigenvalue weighted by Crippen LogP contribution is -2.49. The van der Waals surface area contributed by atoms with E-state index < -0.39 is 12.0 Å². The average molecular weight is 253 g/mol. The Kier molecular flexibility index (Phi) is 5.43. The lowest BCUT2D eigenvalue weighted by molar-refractivity contribution is -0.139. The second-order valence-electron chi connectivity index (χ2n) is 4.46. The summed E-state index contributed by atoms with van der Waals surface area (Å²) < 4.78 is 0. The summed E-state index contributed by atoms with van der Waals surface area (Å²) in [6, 6.07) is 0.965. The molecule has 0 aromatic carbocycles. The Hall–Kier alpha value is -1.77. The Balaban J connectivity index is 2.54. The number of nitrogens with one attached hydrogen (secondary N) is 1. The van der Waals surface area contributed by atoms with E-state index in [9.17, 15) is 9.59 Å². The van der Waals surface area contributed by atoms with Gasteiger partial charge in [-0.1, -0.05) is 13.3 Å². The average Bonchev–Trinajstić information content (AvgIpc) is 3.13. The van der Waals surface area contributed by atoms with Crippen molar-refractivity contribution in [3.63, 3.8) is 0 Å². The molecule has 0 aliphatic heterocycles. The lowest BCUT2D eigenvalue weighted by atomic mass is 10.2. The third-order valence-corrected chi connectivity index (χ3v) is 2.89. The minimum Gasteiger partial charge on any atom is -0.480 e. The summed E-state index contributed by atoms with van der Waals surface area (Å²) in [6.07, 6.45) is 3.25. The van der Waals surface area contributed by atoms with Crippen LogP contribution in [0.3, 0.4) is 0 Å². The number of carbonyl (C=O) groups is 2. The second kappa shape index (κ2) is 6.84. The number of rotatable bonds is 7. The van der Waals surface area contributed by atoms with Crippen LogP contribution in [0.1, 0.15) is 39.0 Å². The van der Waals surface area contributed by atoms with Gasteiger partial charge in [-0.15, -0.1) is 0 Å². The third-order valence-electron chi connectivity index (χ3n) is 2.89. The van der Waals surface area contributed by atoms with E-state index in [1.165, 1.54) is 0 Å². The highest BCUT2D eigenvalue weighted by molar-refractivity contribution is 5.82. The topological polar surface area (TPSA) is 93.4 Å². The minimum absolute atomic E-state index is 0.175. The maximum Gasteiger partial charge on any atom is 0.326 e. The number of carboxylic acid groups (broad SMARTS) is 1. The number of carbonyl (C=O) groups excluding carboxylic acids is 1. The first-order chi connectivity index (χ1) is 8.60. The highest BCUT2D eigenvalue weighted by Gasteiger charge is 2.33. The quantitative estimate of drug-likeness (QED) is 0.715. The first kappa shape index (κ1) is 14.3. The van der Waals surface area contributed by atoms with E-state index in [2.05, 4.69) is 5.32 Å². The number of carboxylic acids is 1. The predicted octanol–water partition coefficient (Wildman–Crippen LogP) is 1.33. The molecule has 6 nitrogen and oxygen atoms in total. The molecule has 1 fully saturated rings. The summed E-state index contributed by atoms with van der Waals surface area (Å²) in [4.78, 5) is 24.5. The van der Waals surface area contributed by atoms with Gasteiger partial charge in [-0.3, -0.25) is 0 Å². The number of hydrogen-bond acceptors (Lipinski definition) is 3. The molecule has 1 saturated carbocycles. The molecule has 100 valence electrons. The van der Waals surface area contributed by atoms with Gasteiger partial charge in [0, 0.05) is 12.6 Å². The van der Waals surface area contributed by atoms with Gasteiger partial charge in [0.05, 0.1) is 12.5 Å². The first-order valence-corrected chi connectivity index (χ1v) is 6.27. The standard InChI is InChI=1S/C12H19N3O3/c1-2-4-10(11(16)17)14-12(18)15(8-3-7-13)9-5-6-9/h9-10H,2-6,8H2,1H3,(H,14,18)(H,16,17). The molecule has 1 unspecified atom stereocenters. The highest BCUT2D eigenvalue weighted by atomic mass is 16.4. The van der Waals surface area contributed by atoms with Crippen LogP contribution in [0.2, 0.25) is 0 Å². The summed E-state index contributed by atoms with van der Waals surface area (Å²) >= 11 is 0. The van der Waals surface area contributed by atoms with Crippen LogP contribution in [0.15, 0.2) is 0 Å². The fourth-order valence-corrected chi connectivity index (χ4v) is 1.78. The van der Waals surface area contributed by atoms with Gasteiger partial charge in [0.1, 0.15) is 6.04 Å². The molecule has 0 aromatic heterocycles. The van der Waals surface area contributed by atoms with E-state index in [1.54, 1.807) is 4.90 Å². The summed E-state index contributed by atoms with van der Waals surface area (Å²) in [7, 11) is 0. The van der Waals surface area contributed by atoms with Crippen molar-refractivity contribution in [2.24, 2.45) is 0 Å². The van der Waals surface area contributed by atoms with Crippen molar-refractivity contribution < 1.29 is 14.7 Å². The zero-order valence-corrected chi connectivity index (χ0v) is 10.6. The molecule has 1 rings (SSSR count). The van der Waals surface area contributed by atoms with Crippen molar-refractivity contribution in [2.45, 2.75) is 51.1 Å². The molecule has 0 heterocycles. The van der Waals surface area contributed by atoms with E-state index in [-0.39, 0.29) is 18.5 Å². The SMILES string of the molecule is CCCC(NC(=O)N(CCC#N)C1CC1)C(=O)O. The molecule has 0 radical (unpaired) electrons. The molecule has 6 heteroatoms. The van der Waals surface area contributed by atoms with E-state index in [1.807, 2.05) is 13.0 Å². The Labute approximate surface area is 107 Å². The third kappa shape index (κ3) is 4.24. The van der Waals surface area contributed by atoms with Gasteiger partial charge in [-0.25, -0.2) is 9.59 Å². The molecular weight excluding hydrogens is 234 g/mol. The van der Waals surface area contributed by atoms with E-state index in [4.69, 9.17) is 10.4 Å². The summed E-state index contributed by atoms with van der Waals surface area (Å²) in [6.45, 7) is 2.24. The van der Waals surface area contributed by atoms with Crippen molar-refractivity contribution >= 4 is 12.0 Å². The normalized spacial score (nSPS) is 15.6.